The van der Waals surface area contributed by atoms with Crippen LogP contribution in [-0.2, 0) is 20.9 Å². The van der Waals surface area contributed by atoms with Crippen LogP contribution in [0.25, 0.3) is 0 Å². The zero-order chi connectivity index (χ0) is 21.6. The van der Waals surface area contributed by atoms with Crippen molar-refractivity contribution in [1.29, 1.82) is 0 Å². The van der Waals surface area contributed by atoms with Crippen LogP contribution in [0.15, 0.2) is 24.3 Å². The normalized spacial score (nSPS) is 10.6. The number of esters is 1. The van der Waals surface area contributed by atoms with Crippen molar-refractivity contribution in [2.75, 3.05) is 11.5 Å². The van der Waals surface area contributed by atoms with E-state index in [0.29, 0.717) is 22.6 Å². The second kappa shape index (κ2) is 9.86. The van der Waals surface area contributed by atoms with E-state index < -0.39 is 17.8 Å². The van der Waals surface area contributed by atoms with Crippen molar-refractivity contribution < 1.29 is 28.6 Å². The molecule has 8 heteroatoms. The van der Waals surface area contributed by atoms with Crippen LogP contribution in [0.2, 0.25) is 0 Å². The lowest BCUT2D eigenvalue weighted by molar-refractivity contribution is -0.305. The summed E-state index contributed by atoms with van der Waals surface area (Å²) < 4.78 is 18.4. The molecule has 1 aromatic heterocycles. The monoisotopic (exact) mass is 403 g/mol. The Balaban J connectivity index is 2.32. The highest BCUT2D eigenvalue weighted by Gasteiger charge is 2.23. The number of H-pyrrole nitrogens is 1. The first-order valence-corrected chi connectivity index (χ1v) is 9.35. The fourth-order valence-electron chi connectivity index (χ4n) is 3.05. The van der Waals surface area contributed by atoms with Crippen molar-refractivity contribution in [1.82, 2.24) is 4.98 Å². The number of ether oxygens (including phenoxy) is 1. The molecule has 1 aromatic carbocycles. The molecular weight excluding hydrogens is 379 g/mol. The van der Waals surface area contributed by atoms with Crippen LogP contribution in [-0.4, -0.2) is 29.4 Å². The van der Waals surface area contributed by atoms with Crippen LogP contribution in [0.5, 0.6) is 0 Å². The van der Waals surface area contributed by atoms with Gasteiger partial charge in [0.1, 0.15) is 11.5 Å². The SMILES string of the molecule is CCOC(=O)c1[nH]c(C)c(CN(C(=O)CCCC(=O)[O-])c2ccc(F)cc2)c1C. The molecule has 1 N–H and O–H groups in total. The number of benzene rings is 1. The Hall–Kier alpha value is -3.16. The molecule has 0 spiro atoms. The number of carbonyl (C=O) groups excluding carboxylic acids is 3. The molecular formula is C21H24FN2O5-. The molecule has 0 saturated carbocycles. The molecule has 29 heavy (non-hydrogen) atoms. The second-order valence-electron chi connectivity index (χ2n) is 6.63. The number of aromatic amines is 1. The van der Waals surface area contributed by atoms with E-state index in [-0.39, 0.29) is 38.3 Å². The van der Waals surface area contributed by atoms with Crippen LogP contribution < -0.4 is 10.0 Å². The minimum Gasteiger partial charge on any atom is -0.550 e. The first-order chi connectivity index (χ1) is 13.7. The van der Waals surface area contributed by atoms with Gasteiger partial charge in [0.25, 0.3) is 0 Å². The maximum absolute atomic E-state index is 13.3. The van der Waals surface area contributed by atoms with E-state index in [2.05, 4.69) is 4.98 Å². The van der Waals surface area contributed by atoms with Gasteiger partial charge in [-0.2, -0.15) is 0 Å². The van der Waals surface area contributed by atoms with Crippen molar-refractivity contribution in [2.24, 2.45) is 0 Å². The zero-order valence-electron chi connectivity index (χ0n) is 16.7. The van der Waals surface area contributed by atoms with Crippen molar-refractivity contribution in [3.63, 3.8) is 0 Å². The number of carboxylic acids is 1. The van der Waals surface area contributed by atoms with E-state index in [0.717, 1.165) is 5.56 Å². The smallest absolute Gasteiger partial charge is 0.355 e. The molecule has 0 radical (unpaired) electrons. The van der Waals surface area contributed by atoms with E-state index in [9.17, 15) is 23.9 Å². The Labute approximate surface area is 168 Å². The number of carboxylic acid groups (broad SMARTS) is 1. The summed E-state index contributed by atoms with van der Waals surface area (Å²) in [5, 5.41) is 10.6. The summed E-state index contributed by atoms with van der Waals surface area (Å²) >= 11 is 0. The van der Waals surface area contributed by atoms with Crippen molar-refractivity contribution in [3.8, 4) is 0 Å². The lowest BCUT2D eigenvalue weighted by Gasteiger charge is -2.24. The molecule has 0 aliphatic heterocycles. The van der Waals surface area contributed by atoms with Gasteiger partial charge in [-0.1, -0.05) is 0 Å². The maximum atomic E-state index is 13.3. The molecule has 2 aromatic rings. The van der Waals surface area contributed by atoms with Gasteiger partial charge >= 0.3 is 5.97 Å². The molecule has 0 aliphatic rings. The Bertz CT molecular complexity index is 889. The zero-order valence-corrected chi connectivity index (χ0v) is 16.7. The third-order valence-corrected chi connectivity index (χ3v) is 4.60. The van der Waals surface area contributed by atoms with Crippen LogP contribution >= 0.6 is 0 Å². The van der Waals surface area contributed by atoms with Crippen molar-refractivity contribution in [3.05, 3.63) is 52.6 Å². The quantitative estimate of drug-likeness (QED) is 0.648. The number of aromatic nitrogens is 1. The average molecular weight is 403 g/mol. The van der Waals surface area contributed by atoms with E-state index in [4.69, 9.17) is 4.74 Å². The highest BCUT2D eigenvalue weighted by atomic mass is 19.1. The number of hydrogen-bond donors (Lipinski definition) is 1. The topological polar surface area (TPSA) is 103 Å². The third kappa shape index (κ3) is 5.66. The lowest BCUT2D eigenvalue weighted by Crippen LogP contribution is -2.31. The van der Waals surface area contributed by atoms with E-state index >= 15 is 0 Å². The number of halogens is 1. The third-order valence-electron chi connectivity index (χ3n) is 4.60. The van der Waals surface area contributed by atoms with Gasteiger partial charge in [-0.05, 0) is 69.0 Å². The highest BCUT2D eigenvalue weighted by Crippen LogP contribution is 2.25. The van der Waals surface area contributed by atoms with Crippen LogP contribution in [0.1, 0.15) is 53.5 Å². The van der Waals surface area contributed by atoms with Crippen LogP contribution in [0, 0.1) is 19.7 Å². The Morgan fingerprint density at radius 1 is 1.14 bits per heavy atom. The summed E-state index contributed by atoms with van der Waals surface area (Å²) in [6.07, 6.45) is -0.0884. The Morgan fingerprint density at radius 2 is 1.79 bits per heavy atom. The molecule has 1 heterocycles. The summed E-state index contributed by atoms with van der Waals surface area (Å²) in [5.41, 5.74) is 2.91. The maximum Gasteiger partial charge on any atom is 0.355 e. The molecule has 7 nitrogen and oxygen atoms in total. The molecule has 0 saturated heterocycles. The summed E-state index contributed by atoms with van der Waals surface area (Å²) in [6.45, 7) is 5.64. The van der Waals surface area contributed by atoms with Gasteiger partial charge in [0.05, 0.1) is 13.2 Å². The molecule has 1 amide bonds. The molecule has 156 valence electrons. The van der Waals surface area contributed by atoms with Gasteiger partial charge in [-0.3, -0.25) is 4.79 Å². The Morgan fingerprint density at radius 3 is 2.38 bits per heavy atom. The van der Waals surface area contributed by atoms with Crippen molar-refractivity contribution in [2.45, 2.75) is 46.6 Å². The van der Waals surface area contributed by atoms with Gasteiger partial charge in [0.15, 0.2) is 0 Å². The molecule has 0 unspecified atom stereocenters. The number of aryl methyl sites for hydroxylation is 1. The minimum atomic E-state index is -1.22. The number of aliphatic carboxylic acids is 1. The van der Waals surface area contributed by atoms with Gasteiger partial charge in [0.2, 0.25) is 5.91 Å². The predicted molar refractivity (Wildman–Crippen MR) is 103 cm³/mol. The van der Waals surface area contributed by atoms with E-state index in [1.165, 1.54) is 29.2 Å². The van der Waals surface area contributed by atoms with Crippen molar-refractivity contribution >= 4 is 23.5 Å². The van der Waals surface area contributed by atoms with Crippen LogP contribution in [0.4, 0.5) is 10.1 Å². The first-order valence-electron chi connectivity index (χ1n) is 9.35. The van der Waals surface area contributed by atoms with E-state index in [1.807, 2.05) is 0 Å². The first kappa shape index (κ1) is 22.1. The summed E-state index contributed by atoms with van der Waals surface area (Å²) in [4.78, 5) is 40.0. The fraction of sp³-hybridized carbons (Fsp3) is 0.381. The average Bonchev–Trinajstić information content (AvgIpc) is 2.94. The van der Waals surface area contributed by atoms with E-state index in [1.54, 1.807) is 20.8 Å². The standard InChI is InChI=1S/C21H25FN2O5/c1-4-29-21(28)20-13(2)17(14(3)23-20)12-24(16-10-8-15(22)9-11-16)18(25)6-5-7-19(26)27/h8-11,23H,4-7,12H2,1-3H3,(H,26,27)/p-1. The highest BCUT2D eigenvalue weighted by molar-refractivity contribution is 5.94. The van der Waals surface area contributed by atoms with Gasteiger partial charge < -0.3 is 24.5 Å². The second-order valence-corrected chi connectivity index (χ2v) is 6.63. The number of nitrogens with zero attached hydrogens (tertiary/aromatic N) is 1. The Kier molecular flexibility index (Phi) is 7.52. The van der Waals surface area contributed by atoms with Gasteiger partial charge in [-0.15, -0.1) is 0 Å². The number of amides is 1. The number of rotatable bonds is 9. The molecule has 2 rings (SSSR count). The van der Waals surface area contributed by atoms with Gasteiger partial charge in [-0.25, -0.2) is 9.18 Å². The molecule has 0 aliphatic carbocycles. The number of anilines is 1. The molecule has 0 atom stereocenters. The number of hydrogen-bond acceptors (Lipinski definition) is 5. The van der Waals surface area contributed by atoms with Gasteiger partial charge in [0, 0.05) is 23.8 Å². The summed E-state index contributed by atoms with van der Waals surface area (Å²) in [6, 6.07) is 5.46. The minimum absolute atomic E-state index is 0.00138. The molecule has 0 fully saturated rings. The summed E-state index contributed by atoms with van der Waals surface area (Å²) in [7, 11) is 0. The predicted octanol–water partition coefficient (Wildman–Crippen LogP) is 2.40. The summed E-state index contributed by atoms with van der Waals surface area (Å²) in [5.74, 6) is -2.44. The lowest BCUT2D eigenvalue weighted by atomic mass is 10.1. The van der Waals surface area contributed by atoms with Crippen LogP contribution in [0.3, 0.4) is 0 Å². The molecule has 0 bridgehead atoms. The fourth-order valence-corrected chi connectivity index (χ4v) is 3.05. The number of carbonyl (C=O) groups is 3. The largest absolute Gasteiger partial charge is 0.550 e. The number of nitrogens with one attached hydrogen (secondary N) is 1.